The number of amides is 1. The van der Waals surface area contributed by atoms with Crippen molar-refractivity contribution in [2.45, 2.75) is 27.3 Å². The van der Waals surface area contributed by atoms with Crippen molar-refractivity contribution in [1.29, 1.82) is 0 Å². The molecular weight excluding hydrogens is 412 g/mol. The van der Waals surface area contributed by atoms with Crippen molar-refractivity contribution >= 4 is 44.8 Å². The zero-order valence-corrected chi connectivity index (χ0v) is 17.2. The molecule has 0 radical (unpaired) electrons. The van der Waals surface area contributed by atoms with Gasteiger partial charge in [-0.2, -0.15) is 0 Å². The Kier molecular flexibility index (Phi) is 5.92. The molecule has 0 unspecified atom stereocenters. The van der Waals surface area contributed by atoms with Gasteiger partial charge in [0, 0.05) is 17.0 Å². The van der Waals surface area contributed by atoms with Crippen LogP contribution in [0, 0.1) is 24.0 Å². The number of anilines is 1. The lowest BCUT2D eigenvalue weighted by atomic mass is 10.1. The highest BCUT2D eigenvalue weighted by Gasteiger charge is 2.22. The first kappa shape index (κ1) is 21.1. The first-order valence-corrected chi connectivity index (χ1v) is 9.75. The lowest BCUT2D eigenvalue weighted by molar-refractivity contribution is -0.384. The standard InChI is InChI=1S/C19H18N4O6S/c1-4-29-19(26)16-10(2)11(3)30-17(16)21-15(24)8-22-9-20-14-7-12(23(27)28)5-6-13(14)18(22)25/h5-7,9H,4,8H2,1-3H3,(H,21,24). The number of hydrogen-bond acceptors (Lipinski definition) is 8. The van der Waals surface area contributed by atoms with Crippen LogP contribution in [0.4, 0.5) is 10.7 Å². The Bertz CT molecular complexity index is 1230. The Morgan fingerprint density at radius 2 is 2.07 bits per heavy atom. The van der Waals surface area contributed by atoms with Crippen molar-refractivity contribution in [3.8, 4) is 0 Å². The van der Waals surface area contributed by atoms with E-state index in [-0.39, 0.29) is 29.7 Å². The molecule has 1 N–H and O–H groups in total. The van der Waals surface area contributed by atoms with Crippen LogP contribution in [0.3, 0.4) is 0 Å². The normalized spacial score (nSPS) is 10.8. The summed E-state index contributed by atoms with van der Waals surface area (Å²) >= 11 is 1.25. The Labute approximate surface area is 174 Å². The van der Waals surface area contributed by atoms with E-state index in [1.54, 1.807) is 13.8 Å². The molecule has 0 aliphatic rings. The van der Waals surface area contributed by atoms with Crippen LogP contribution < -0.4 is 10.9 Å². The van der Waals surface area contributed by atoms with E-state index in [0.29, 0.717) is 10.6 Å². The van der Waals surface area contributed by atoms with Gasteiger partial charge in [-0.25, -0.2) is 9.78 Å². The number of benzene rings is 1. The smallest absolute Gasteiger partial charge is 0.341 e. The maximum absolute atomic E-state index is 12.6. The molecular formula is C19H18N4O6S. The number of carbonyl (C=O) groups is 2. The number of thiophene rings is 1. The zero-order valence-electron chi connectivity index (χ0n) is 16.4. The van der Waals surface area contributed by atoms with Crippen LogP contribution in [-0.2, 0) is 16.1 Å². The minimum Gasteiger partial charge on any atom is -0.462 e. The second-order valence-electron chi connectivity index (χ2n) is 6.39. The highest BCUT2D eigenvalue weighted by atomic mass is 32.1. The quantitative estimate of drug-likeness (QED) is 0.361. The van der Waals surface area contributed by atoms with Crippen molar-refractivity contribution in [1.82, 2.24) is 9.55 Å². The molecule has 0 bridgehead atoms. The van der Waals surface area contributed by atoms with E-state index in [2.05, 4.69) is 10.3 Å². The fourth-order valence-electron chi connectivity index (χ4n) is 2.86. The van der Waals surface area contributed by atoms with Crippen LogP contribution in [0.5, 0.6) is 0 Å². The molecule has 0 saturated carbocycles. The number of nitro benzene ring substituents is 1. The molecule has 156 valence electrons. The number of nitro groups is 1. The minimum atomic E-state index is -0.577. The molecule has 30 heavy (non-hydrogen) atoms. The summed E-state index contributed by atoms with van der Waals surface area (Å²) in [5.41, 5.74) is 0.498. The molecule has 10 nitrogen and oxygen atoms in total. The van der Waals surface area contributed by atoms with Crippen LogP contribution in [0.1, 0.15) is 27.7 Å². The summed E-state index contributed by atoms with van der Waals surface area (Å²) in [5, 5.41) is 14.0. The Balaban J connectivity index is 1.86. The van der Waals surface area contributed by atoms with E-state index in [1.807, 2.05) is 6.92 Å². The van der Waals surface area contributed by atoms with Crippen molar-refractivity contribution in [3.63, 3.8) is 0 Å². The number of aryl methyl sites for hydroxylation is 1. The van der Waals surface area contributed by atoms with Gasteiger partial charge in [0.1, 0.15) is 11.5 Å². The summed E-state index contributed by atoms with van der Waals surface area (Å²) in [7, 11) is 0. The van der Waals surface area contributed by atoms with Crippen LogP contribution in [0.15, 0.2) is 29.3 Å². The Morgan fingerprint density at radius 1 is 1.33 bits per heavy atom. The topological polar surface area (TPSA) is 133 Å². The second kappa shape index (κ2) is 8.41. The summed E-state index contributed by atoms with van der Waals surface area (Å²) in [6.07, 6.45) is 1.16. The molecule has 1 aromatic carbocycles. The first-order chi connectivity index (χ1) is 14.2. The summed E-state index contributed by atoms with van der Waals surface area (Å²) in [6.45, 7) is 5.16. The first-order valence-electron chi connectivity index (χ1n) is 8.93. The summed E-state index contributed by atoms with van der Waals surface area (Å²) in [4.78, 5) is 52.6. The van der Waals surface area contributed by atoms with Gasteiger partial charge in [-0.05, 0) is 32.4 Å². The van der Waals surface area contributed by atoms with Crippen LogP contribution >= 0.6 is 11.3 Å². The fourth-order valence-corrected chi connectivity index (χ4v) is 3.92. The number of hydrogen-bond donors (Lipinski definition) is 1. The van der Waals surface area contributed by atoms with Gasteiger partial charge in [0.25, 0.3) is 11.2 Å². The average molecular weight is 430 g/mol. The van der Waals surface area contributed by atoms with Gasteiger partial charge in [-0.3, -0.25) is 24.3 Å². The molecule has 0 atom stereocenters. The van der Waals surface area contributed by atoms with Crippen LogP contribution in [0.2, 0.25) is 0 Å². The van der Waals surface area contributed by atoms with Crippen LogP contribution in [-0.4, -0.2) is 33.0 Å². The van der Waals surface area contributed by atoms with Gasteiger partial charge >= 0.3 is 5.97 Å². The zero-order chi connectivity index (χ0) is 22.0. The maximum atomic E-state index is 12.6. The van der Waals surface area contributed by atoms with E-state index in [9.17, 15) is 24.5 Å². The molecule has 3 rings (SSSR count). The van der Waals surface area contributed by atoms with Gasteiger partial charge in [0.05, 0.1) is 34.3 Å². The van der Waals surface area contributed by atoms with E-state index in [0.717, 1.165) is 21.3 Å². The van der Waals surface area contributed by atoms with Crippen molar-refractivity contribution < 1.29 is 19.2 Å². The third kappa shape index (κ3) is 4.06. The number of aromatic nitrogens is 2. The molecule has 0 fully saturated rings. The maximum Gasteiger partial charge on any atom is 0.341 e. The Morgan fingerprint density at radius 3 is 2.73 bits per heavy atom. The number of rotatable bonds is 6. The third-order valence-electron chi connectivity index (χ3n) is 4.45. The molecule has 0 spiro atoms. The lowest BCUT2D eigenvalue weighted by Crippen LogP contribution is -2.28. The summed E-state index contributed by atoms with van der Waals surface area (Å²) < 4.78 is 6.16. The third-order valence-corrected chi connectivity index (χ3v) is 5.57. The molecule has 11 heteroatoms. The molecule has 3 aromatic rings. The van der Waals surface area contributed by atoms with Crippen molar-refractivity contribution in [2.24, 2.45) is 0 Å². The number of non-ortho nitro benzene ring substituents is 1. The molecule has 0 aliphatic heterocycles. The van der Waals surface area contributed by atoms with Gasteiger partial charge in [-0.1, -0.05) is 0 Å². The largest absolute Gasteiger partial charge is 0.462 e. The van der Waals surface area contributed by atoms with E-state index >= 15 is 0 Å². The minimum absolute atomic E-state index is 0.158. The number of esters is 1. The molecule has 0 aliphatic carbocycles. The highest BCUT2D eigenvalue weighted by molar-refractivity contribution is 7.16. The highest BCUT2D eigenvalue weighted by Crippen LogP contribution is 2.33. The van der Waals surface area contributed by atoms with Gasteiger partial charge in [0.15, 0.2) is 0 Å². The van der Waals surface area contributed by atoms with Gasteiger partial charge in [0.2, 0.25) is 5.91 Å². The molecule has 1 amide bonds. The predicted molar refractivity (Wildman–Crippen MR) is 111 cm³/mol. The second-order valence-corrected chi connectivity index (χ2v) is 7.62. The van der Waals surface area contributed by atoms with Gasteiger partial charge < -0.3 is 10.1 Å². The van der Waals surface area contributed by atoms with E-state index < -0.39 is 22.4 Å². The van der Waals surface area contributed by atoms with Crippen molar-refractivity contribution in [3.05, 3.63) is 61.0 Å². The monoisotopic (exact) mass is 430 g/mol. The molecule has 2 heterocycles. The number of fused-ring (bicyclic) bond motifs is 1. The lowest BCUT2D eigenvalue weighted by Gasteiger charge is -2.09. The molecule has 2 aromatic heterocycles. The number of nitrogens with one attached hydrogen (secondary N) is 1. The SMILES string of the molecule is CCOC(=O)c1c(NC(=O)Cn2cnc3cc([N+](=O)[O-])ccc3c2=O)sc(C)c1C. The predicted octanol–water partition coefficient (Wildman–Crippen LogP) is 2.80. The number of carbonyl (C=O) groups excluding carboxylic acids is 2. The van der Waals surface area contributed by atoms with E-state index in [1.165, 1.54) is 29.5 Å². The number of ether oxygens (including phenoxy) is 1. The van der Waals surface area contributed by atoms with E-state index in [4.69, 9.17) is 4.74 Å². The summed E-state index contributed by atoms with van der Waals surface area (Å²) in [5.74, 6) is -1.05. The molecule has 0 saturated heterocycles. The fraction of sp³-hybridized carbons (Fsp3) is 0.263. The number of nitrogens with zero attached hydrogens (tertiary/aromatic N) is 3. The van der Waals surface area contributed by atoms with Gasteiger partial charge in [-0.15, -0.1) is 11.3 Å². The summed E-state index contributed by atoms with van der Waals surface area (Å²) in [6, 6.07) is 3.71. The van der Waals surface area contributed by atoms with Crippen molar-refractivity contribution in [2.75, 3.05) is 11.9 Å². The van der Waals surface area contributed by atoms with Crippen LogP contribution in [0.25, 0.3) is 10.9 Å². The Hall–Kier alpha value is -3.60. The average Bonchev–Trinajstić information content (AvgIpc) is 2.97.